The third-order valence-corrected chi connectivity index (χ3v) is 5.52. The van der Waals surface area contributed by atoms with Crippen molar-refractivity contribution < 1.29 is 27.6 Å². The summed E-state index contributed by atoms with van der Waals surface area (Å²) in [5.74, 6) is -1.91. The summed E-state index contributed by atoms with van der Waals surface area (Å²) in [6.07, 6.45) is 2.81. The lowest BCUT2D eigenvalue weighted by Crippen LogP contribution is -2.47. The fourth-order valence-corrected chi connectivity index (χ4v) is 3.72. The molecular formula is C26H21ClFN3O5. The Morgan fingerprint density at radius 1 is 0.917 bits per heavy atom. The Morgan fingerprint density at radius 3 is 2.33 bits per heavy atom. The first kappa shape index (κ1) is 24.7. The highest BCUT2D eigenvalue weighted by atomic mass is 35.5. The summed E-state index contributed by atoms with van der Waals surface area (Å²) in [6, 6.07) is 17.5. The number of carbonyl (C=O) groups is 3. The largest absolute Gasteiger partial charge is 0.467 e. The van der Waals surface area contributed by atoms with Gasteiger partial charge in [-0.3, -0.25) is 19.3 Å². The molecule has 36 heavy (non-hydrogen) atoms. The van der Waals surface area contributed by atoms with Crippen LogP contribution in [-0.4, -0.2) is 24.3 Å². The number of anilines is 1. The number of amides is 3. The van der Waals surface area contributed by atoms with Crippen molar-refractivity contribution in [3.05, 3.63) is 113 Å². The summed E-state index contributed by atoms with van der Waals surface area (Å²) in [5, 5.41) is 5.02. The third kappa shape index (κ3) is 5.81. The lowest BCUT2D eigenvalue weighted by atomic mass is 10.0. The SMILES string of the molecule is O=C(NCC(=O)N(c1ccc(F)c(Cl)c1)[C@H](C(=O)NCc1ccco1)c1ccccc1)c1ccco1. The van der Waals surface area contributed by atoms with Crippen molar-refractivity contribution in [1.82, 2.24) is 10.6 Å². The highest BCUT2D eigenvalue weighted by Crippen LogP contribution is 2.31. The molecule has 2 heterocycles. The summed E-state index contributed by atoms with van der Waals surface area (Å²) in [7, 11) is 0. The summed E-state index contributed by atoms with van der Waals surface area (Å²) in [6.45, 7) is -0.389. The van der Waals surface area contributed by atoms with E-state index in [1.165, 1.54) is 35.6 Å². The van der Waals surface area contributed by atoms with Crippen LogP contribution in [0.15, 0.2) is 94.2 Å². The molecule has 2 aromatic heterocycles. The number of hydrogen-bond acceptors (Lipinski definition) is 5. The molecular weight excluding hydrogens is 489 g/mol. The molecule has 10 heteroatoms. The molecule has 3 amide bonds. The summed E-state index contributed by atoms with van der Waals surface area (Å²) < 4.78 is 24.3. The highest BCUT2D eigenvalue weighted by molar-refractivity contribution is 6.31. The van der Waals surface area contributed by atoms with Crippen LogP contribution in [0.1, 0.15) is 27.9 Å². The molecule has 0 aliphatic rings. The number of rotatable bonds is 9. The van der Waals surface area contributed by atoms with E-state index in [0.717, 1.165) is 6.07 Å². The van der Waals surface area contributed by atoms with Gasteiger partial charge in [0, 0.05) is 5.69 Å². The van der Waals surface area contributed by atoms with Gasteiger partial charge in [0.15, 0.2) is 5.76 Å². The minimum atomic E-state index is -1.17. The Bertz CT molecular complexity index is 1330. The van der Waals surface area contributed by atoms with E-state index in [1.54, 1.807) is 48.5 Å². The second-order valence-electron chi connectivity index (χ2n) is 7.63. The van der Waals surface area contributed by atoms with Crippen molar-refractivity contribution >= 4 is 35.0 Å². The van der Waals surface area contributed by atoms with Crippen LogP contribution in [0.2, 0.25) is 5.02 Å². The molecule has 1 atom stereocenters. The first-order valence-electron chi connectivity index (χ1n) is 10.9. The Kier molecular flexibility index (Phi) is 7.82. The van der Waals surface area contributed by atoms with Crippen LogP contribution in [0.5, 0.6) is 0 Å². The lowest BCUT2D eigenvalue weighted by Gasteiger charge is -2.31. The van der Waals surface area contributed by atoms with Crippen molar-refractivity contribution in [2.45, 2.75) is 12.6 Å². The van der Waals surface area contributed by atoms with Gasteiger partial charge in [0.1, 0.15) is 17.6 Å². The van der Waals surface area contributed by atoms with Gasteiger partial charge in [0.2, 0.25) is 11.8 Å². The number of benzene rings is 2. The Hall–Kier alpha value is -4.37. The Morgan fingerprint density at radius 2 is 1.67 bits per heavy atom. The molecule has 0 unspecified atom stereocenters. The summed E-state index contributed by atoms with van der Waals surface area (Å²) >= 11 is 6.01. The van der Waals surface area contributed by atoms with Crippen molar-refractivity contribution in [2.24, 2.45) is 0 Å². The maximum atomic E-state index is 13.9. The van der Waals surface area contributed by atoms with Crippen LogP contribution in [0.25, 0.3) is 0 Å². The Labute approximate surface area is 210 Å². The zero-order valence-electron chi connectivity index (χ0n) is 18.8. The average Bonchev–Trinajstić information content (AvgIpc) is 3.61. The van der Waals surface area contributed by atoms with Gasteiger partial charge < -0.3 is 19.5 Å². The molecule has 0 fully saturated rings. The molecule has 0 radical (unpaired) electrons. The van der Waals surface area contributed by atoms with Crippen LogP contribution < -0.4 is 15.5 Å². The molecule has 0 aliphatic heterocycles. The topological polar surface area (TPSA) is 105 Å². The molecule has 0 saturated heterocycles. The number of nitrogens with zero attached hydrogens (tertiary/aromatic N) is 1. The second-order valence-corrected chi connectivity index (χ2v) is 8.04. The Balaban J connectivity index is 1.68. The zero-order valence-corrected chi connectivity index (χ0v) is 19.6. The van der Waals surface area contributed by atoms with Crippen molar-refractivity contribution in [3.63, 3.8) is 0 Å². The number of nitrogens with one attached hydrogen (secondary N) is 2. The van der Waals surface area contributed by atoms with Gasteiger partial charge >= 0.3 is 0 Å². The van der Waals surface area contributed by atoms with Crippen molar-refractivity contribution in [1.29, 1.82) is 0 Å². The van der Waals surface area contributed by atoms with E-state index in [0.29, 0.717) is 11.3 Å². The maximum absolute atomic E-state index is 13.9. The van der Waals surface area contributed by atoms with Gasteiger partial charge in [0.25, 0.3) is 5.91 Å². The van der Waals surface area contributed by atoms with Crippen LogP contribution in [0.3, 0.4) is 0 Å². The van der Waals surface area contributed by atoms with Gasteiger partial charge in [0.05, 0.1) is 30.6 Å². The minimum Gasteiger partial charge on any atom is -0.467 e. The number of halogens is 2. The number of hydrogen-bond donors (Lipinski definition) is 2. The molecule has 2 aromatic carbocycles. The third-order valence-electron chi connectivity index (χ3n) is 5.23. The zero-order chi connectivity index (χ0) is 25.5. The molecule has 0 bridgehead atoms. The van der Waals surface area contributed by atoms with Crippen molar-refractivity contribution in [2.75, 3.05) is 11.4 Å². The predicted molar refractivity (Wildman–Crippen MR) is 130 cm³/mol. The first-order chi connectivity index (χ1) is 17.4. The van der Waals surface area contributed by atoms with Crippen LogP contribution in [-0.2, 0) is 16.1 Å². The fourth-order valence-electron chi connectivity index (χ4n) is 3.54. The monoisotopic (exact) mass is 509 g/mol. The molecule has 2 N–H and O–H groups in total. The van der Waals surface area contributed by atoms with Crippen molar-refractivity contribution in [3.8, 4) is 0 Å². The smallest absolute Gasteiger partial charge is 0.287 e. The molecule has 0 aliphatic carbocycles. The second kappa shape index (κ2) is 11.4. The molecule has 0 spiro atoms. The van der Waals surface area contributed by atoms with Crippen LogP contribution in [0, 0.1) is 5.82 Å². The first-order valence-corrected chi connectivity index (χ1v) is 11.3. The molecule has 4 rings (SSSR count). The number of carbonyl (C=O) groups excluding carboxylic acids is 3. The fraction of sp³-hybridized carbons (Fsp3) is 0.115. The average molecular weight is 510 g/mol. The van der Waals surface area contributed by atoms with E-state index in [4.69, 9.17) is 20.4 Å². The minimum absolute atomic E-state index is 0.0231. The van der Waals surface area contributed by atoms with E-state index in [-0.39, 0.29) is 23.0 Å². The van der Waals surface area contributed by atoms with Crippen LogP contribution >= 0.6 is 11.6 Å². The maximum Gasteiger partial charge on any atom is 0.287 e. The van der Waals surface area contributed by atoms with E-state index in [1.807, 2.05) is 0 Å². The highest BCUT2D eigenvalue weighted by Gasteiger charge is 2.33. The van der Waals surface area contributed by atoms with E-state index in [9.17, 15) is 18.8 Å². The number of furan rings is 2. The standard InChI is InChI=1S/C26H21ClFN3O5/c27-20-14-18(10-11-21(20)28)31(23(32)16-30-25(33)22-9-5-13-36-22)24(17-6-2-1-3-7-17)26(34)29-15-19-8-4-12-35-19/h1-14,24H,15-16H2,(H,29,34)(H,30,33)/t24-/m0/s1. The van der Waals surface area contributed by atoms with E-state index in [2.05, 4.69) is 10.6 Å². The van der Waals surface area contributed by atoms with Gasteiger partial charge in [-0.2, -0.15) is 0 Å². The molecule has 4 aromatic rings. The van der Waals surface area contributed by atoms with E-state index < -0.39 is 36.1 Å². The van der Waals surface area contributed by atoms with Gasteiger partial charge in [-0.1, -0.05) is 41.9 Å². The quantitative estimate of drug-likeness (QED) is 0.346. The molecule has 8 nitrogen and oxygen atoms in total. The van der Waals surface area contributed by atoms with Crippen LogP contribution in [0.4, 0.5) is 10.1 Å². The predicted octanol–water partition coefficient (Wildman–Crippen LogP) is 4.49. The van der Waals surface area contributed by atoms with E-state index >= 15 is 0 Å². The normalized spacial score (nSPS) is 11.5. The summed E-state index contributed by atoms with van der Waals surface area (Å²) in [4.78, 5) is 40.5. The molecule has 0 saturated carbocycles. The lowest BCUT2D eigenvalue weighted by molar-refractivity contribution is -0.126. The summed E-state index contributed by atoms with van der Waals surface area (Å²) in [5.41, 5.74) is 0.654. The molecule has 184 valence electrons. The van der Waals surface area contributed by atoms with Gasteiger partial charge in [-0.25, -0.2) is 4.39 Å². The van der Waals surface area contributed by atoms with Gasteiger partial charge in [-0.15, -0.1) is 0 Å². The van der Waals surface area contributed by atoms with Gasteiger partial charge in [-0.05, 0) is 48.0 Å².